The molecule has 4 rings (SSSR count). The largest absolute Gasteiger partial charge is 0.339 e. The number of aromatic nitrogens is 2. The molecule has 166 valence electrons. The lowest BCUT2D eigenvalue weighted by Crippen LogP contribution is -2.19. The zero-order valence-electron chi connectivity index (χ0n) is 17.4. The molecular weight excluding hydrogens is 442 g/mol. The van der Waals surface area contributed by atoms with Gasteiger partial charge in [0.05, 0.1) is 0 Å². The Bertz CT molecular complexity index is 1240. The van der Waals surface area contributed by atoms with Gasteiger partial charge in [-0.3, -0.25) is 4.79 Å². The Balaban J connectivity index is 1.28. The number of hydrogen-bond donors (Lipinski definition) is 3. The van der Waals surface area contributed by atoms with Crippen LogP contribution in [0.2, 0.25) is 5.02 Å². The molecule has 0 fully saturated rings. The lowest BCUT2D eigenvalue weighted by molar-refractivity contribution is -0.116. The molecule has 3 aromatic carbocycles. The Morgan fingerprint density at radius 3 is 2.24 bits per heavy atom. The highest BCUT2D eigenvalue weighted by molar-refractivity contribution is 6.30. The van der Waals surface area contributed by atoms with E-state index in [1.54, 1.807) is 60.7 Å². The third kappa shape index (κ3) is 6.41. The van der Waals surface area contributed by atoms with Crippen LogP contribution in [-0.4, -0.2) is 22.1 Å². The van der Waals surface area contributed by atoms with Crippen molar-refractivity contribution in [1.82, 2.24) is 10.1 Å². The number of anilines is 3. The number of halogens is 1. The number of carbonyl (C=O) groups excluding carboxylic acids is 2. The minimum Gasteiger partial charge on any atom is -0.339 e. The van der Waals surface area contributed by atoms with Gasteiger partial charge in [-0.2, -0.15) is 4.98 Å². The fourth-order valence-corrected chi connectivity index (χ4v) is 3.13. The van der Waals surface area contributed by atoms with Gasteiger partial charge >= 0.3 is 6.03 Å². The van der Waals surface area contributed by atoms with E-state index in [2.05, 4.69) is 26.1 Å². The lowest BCUT2D eigenvalue weighted by atomic mass is 10.2. The molecule has 0 aliphatic carbocycles. The maximum Gasteiger partial charge on any atom is 0.323 e. The Kier molecular flexibility index (Phi) is 6.96. The summed E-state index contributed by atoms with van der Waals surface area (Å²) in [7, 11) is 0. The maximum absolute atomic E-state index is 12.4. The SMILES string of the molecule is O=C(CCc1nc(-c2ccc(Cl)cc2)no1)Nc1cccc(NC(=O)Nc2ccccc2)c1. The second kappa shape index (κ2) is 10.4. The van der Waals surface area contributed by atoms with E-state index in [-0.39, 0.29) is 18.4 Å². The predicted octanol–water partition coefficient (Wildman–Crippen LogP) is 5.61. The highest BCUT2D eigenvalue weighted by Gasteiger charge is 2.11. The monoisotopic (exact) mass is 461 g/mol. The van der Waals surface area contributed by atoms with E-state index in [1.165, 1.54) is 0 Å². The first kappa shape index (κ1) is 22.0. The zero-order chi connectivity index (χ0) is 23.0. The van der Waals surface area contributed by atoms with Gasteiger partial charge in [0.15, 0.2) is 0 Å². The number of nitrogens with one attached hydrogen (secondary N) is 3. The molecule has 9 heteroatoms. The number of nitrogens with zero attached hydrogens (tertiary/aromatic N) is 2. The standard InChI is InChI=1S/C24H20ClN5O3/c25-17-11-9-16(10-12-17)23-29-22(33-30-23)14-13-21(31)26-19-7-4-8-20(15-19)28-24(32)27-18-5-2-1-3-6-18/h1-12,15H,13-14H2,(H,26,31)(H2,27,28,32). The molecule has 0 aliphatic rings. The summed E-state index contributed by atoms with van der Waals surface area (Å²) >= 11 is 5.89. The van der Waals surface area contributed by atoms with Crippen LogP contribution in [0, 0.1) is 0 Å². The number of benzene rings is 3. The van der Waals surface area contributed by atoms with E-state index in [4.69, 9.17) is 16.1 Å². The van der Waals surface area contributed by atoms with Crippen LogP contribution in [0.3, 0.4) is 0 Å². The van der Waals surface area contributed by atoms with Gasteiger partial charge in [-0.15, -0.1) is 0 Å². The summed E-state index contributed by atoms with van der Waals surface area (Å²) in [4.78, 5) is 28.8. The molecule has 0 bridgehead atoms. The molecule has 0 saturated heterocycles. The van der Waals surface area contributed by atoms with Crippen LogP contribution in [0.25, 0.3) is 11.4 Å². The van der Waals surface area contributed by atoms with Gasteiger partial charge in [0.25, 0.3) is 0 Å². The van der Waals surface area contributed by atoms with Crippen LogP contribution in [0.4, 0.5) is 21.9 Å². The molecule has 0 unspecified atom stereocenters. The van der Waals surface area contributed by atoms with Gasteiger partial charge in [0.1, 0.15) is 0 Å². The third-order valence-electron chi connectivity index (χ3n) is 4.57. The summed E-state index contributed by atoms with van der Waals surface area (Å²) in [6.45, 7) is 0. The first-order valence-corrected chi connectivity index (χ1v) is 10.5. The summed E-state index contributed by atoms with van der Waals surface area (Å²) in [5.41, 5.74) is 2.56. The second-order valence-corrected chi connectivity index (χ2v) is 7.53. The van der Waals surface area contributed by atoms with Crippen LogP contribution in [0.15, 0.2) is 83.4 Å². The lowest BCUT2D eigenvalue weighted by Gasteiger charge is -2.10. The molecule has 1 heterocycles. The van der Waals surface area contributed by atoms with Crippen LogP contribution in [0.1, 0.15) is 12.3 Å². The van der Waals surface area contributed by atoms with Crippen LogP contribution in [0.5, 0.6) is 0 Å². The molecule has 1 aromatic heterocycles. The highest BCUT2D eigenvalue weighted by Crippen LogP contribution is 2.20. The van der Waals surface area contributed by atoms with E-state index in [9.17, 15) is 9.59 Å². The Labute approximate surface area is 195 Å². The van der Waals surface area contributed by atoms with Crippen molar-refractivity contribution in [3.05, 3.63) is 89.8 Å². The average Bonchev–Trinajstić information content (AvgIpc) is 3.28. The number of rotatable bonds is 7. The molecule has 3 N–H and O–H groups in total. The zero-order valence-corrected chi connectivity index (χ0v) is 18.2. The summed E-state index contributed by atoms with van der Waals surface area (Å²) in [6.07, 6.45) is 0.457. The predicted molar refractivity (Wildman–Crippen MR) is 127 cm³/mol. The van der Waals surface area contributed by atoms with E-state index >= 15 is 0 Å². The molecule has 3 amide bonds. The molecule has 0 spiro atoms. The van der Waals surface area contributed by atoms with Crippen LogP contribution < -0.4 is 16.0 Å². The molecule has 0 saturated carbocycles. The van der Waals surface area contributed by atoms with Crippen molar-refractivity contribution >= 4 is 40.6 Å². The first-order valence-electron chi connectivity index (χ1n) is 10.2. The first-order chi connectivity index (χ1) is 16.0. The number of hydrogen-bond acceptors (Lipinski definition) is 5. The molecule has 0 aliphatic heterocycles. The number of urea groups is 1. The average molecular weight is 462 g/mol. The van der Waals surface area contributed by atoms with Crippen molar-refractivity contribution in [3.63, 3.8) is 0 Å². The second-order valence-electron chi connectivity index (χ2n) is 7.09. The van der Waals surface area contributed by atoms with Crippen molar-refractivity contribution < 1.29 is 14.1 Å². The van der Waals surface area contributed by atoms with Gasteiger partial charge in [-0.25, -0.2) is 4.79 Å². The van der Waals surface area contributed by atoms with Gasteiger partial charge in [-0.05, 0) is 54.6 Å². The van der Waals surface area contributed by atoms with Crippen molar-refractivity contribution in [2.45, 2.75) is 12.8 Å². The minimum absolute atomic E-state index is 0.161. The van der Waals surface area contributed by atoms with Gasteiger partial charge in [0, 0.05) is 40.5 Å². The van der Waals surface area contributed by atoms with E-state index in [0.29, 0.717) is 40.2 Å². The maximum atomic E-state index is 12.4. The highest BCUT2D eigenvalue weighted by atomic mass is 35.5. The van der Waals surface area contributed by atoms with Crippen LogP contribution >= 0.6 is 11.6 Å². The molecule has 0 atom stereocenters. The van der Waals surface area contributed by atoms with Gasteiger partial charge in [-0.1, -0.05) is 41.0 Å². The normalized spacial score (nSPS) is 10.5. The number of para-hydroxylation sites is 1. The summed E-state index contributed by atoms with van der Waals surface area (Å²) in [5.74, 6) is 0.588. The molecule has 0 radical (unpaired) electrons. The summed E-state index contributed by atoms with van der Waals surface area (Å²) in [5, 5.41) is 12.8. The molecule has 33 heavy (non-hydrogen) atoms. The molecule has 4 aromatic rings. The quantitative estimate of drug-likeness (QED) is 0.331. The number of carbonyl (C=O) groups is 2. The van der Waals surface area contributed by atoms with E-state index in [1.807, 2.05) is 18.2 Å². The van der Waals surface area contributed by atoms with Gasteiger partial charge in [0.2, 0.25) is 17.6 Å². The summed E-state index contributed by atoms with van der Waals surface area (Å²) in [6, 6.07) is 22.7. The van der Waals surface area contributed by atoms with Gasteiger partial charge < -0.3 is 20.5 Å². The van der Waals surface area contributed by atoms with Crippen molar-refractivity contribution in [1.29, 1.82) is 0 Å². The Morgan fingerprint density at radius 2 is 1.48 bits per heavy atom. The van der Waals surface area contributed by atoms with E-state index < -0.39 is 0 Å². The fourth-order valence-electron chi connectivity index (χ4n) is 3.01. The van der Waals surface area contributed by atoms with Crippen LogP contribution in [-0.2, 0) is 11.2 Å². The van der Waals surface area contributed by atoms with Crippen molar-refractivity contribution in [2.24, 2.45) is 0 Å². The van der Waals surface area contributed by atoms with E-state index in [0.717, 1.165) is 5.56 Å². The molecule has 8 nitrogen and oxygen atoms in total. The summed E-state index contributed by atoms with van der Waals surface area (Å²) < 4.78 is 5.23. The number of amides is 3. The van der Waals surface area contributed by atoms with Crippen molar-refractivity contribution in [2.75, 3.05) is 16.0 Å². The minimum atomic E-state index is -0.377. The topological polar surface area (TPSA) is 109 Å². The third-order valence-corrected chi connectivity index (χ3v) is 4.82. The fraction of sp³-hybridized carbons (Fsp3) is 0.0833. The Morgan fingerprint density at radius 1 is 0.818 bits per heavy atom. The Hall–Kier alpha value is -4.17. The number of aryl methyl sites for hydroxylation is 1. The molecular formula is C24H20ClN5O3. The van der Waals surface area contributed by atoms with Crippen molar-refractivity contribution in [3.8, 4) is 11.4 Å². The smallest absolute Gasteiger partial charge is 0.323 e.